The van der Waals surface area contributed by atoms with Gasteiger partial charge in [-0.2, -0.15) is 0 Å². The van der Waals surface area contributed by atoms with E-state index in [-0.39, 0.29) is 5.75 Å². The molecule has 1 unspecified atom stereocenters. The lowest BCUT2D eigenvalue weighted by molar-refractivity contribution is 0.435. The van der Waals surface area contributed by atoms with Gasteiger partial charge >= 0.3 is 0 Å². The minimum absolute atomic E-state index is 0.0741. The van der Waals surface area contributed by atoms with Gasteiger partial charge in [0.1, 0.15) is 22.6 Å². The Morgan fingerprint density at radius 2 is 1.90 bits per heavy atom. The van der Waals surface area contributed by atoms with Crippen molar-refractivity contribution in [1.29, 1.82) is 0 Å². The van der Waals surface area contributed by atoms with Gasteiger partial charge in [0.15, 0.2) is 11.6 Å². The molecule has 2 aromatic rings. The Kier molecular flexibility index (Phi) is 5.30. The van der Waals surface area contributed by atoms with E-state index in [2.05, 4.69) is 20.7 Å². The van der Waals surface area contributed by atoms with E-state index in [1.807, 2.05) is 0 Å². The Morgan fingerprint density at radius 1 is 1.19 bits per heavy atom. The summed E-state index contributed by atoms with van der Waals surface area (Å²) < 4.78 is 46.5. The lowest BCUT2D eigenvalue weighted by Crippen LogP contribution is -2.05. The van der Waals surface area contributed by atoms with Gasteiger partial charge in [0, 0.05) is 17.5 Å². The number of anilines is 1. The van der Waals surface area contributed by atoms with Crippen LogP contribution in [0.2, 0.25) is 0 Å². The molecule has 1 atom stereocenters. The van der Waals surface area contributed by atoms with Crippen LogP contribution in [0.5, 0.6) is 11.5 Å². The molecule has 2 aromatic carbocycles. The van der Waals surface area contributed by atoms with Crippen LogP contribution < -0.4 is 9.46 Å². The minimum Gasteiger partial charge on any atom is -0.453 e. The first-order valence-electron chi connectivity index (χ1n) is 6.07. The fourth-order valence-corrected chi connectivity index (χ4v) is 2.52. The van der Waals surface area contributed by atoms with Crippen molar-refractivity contribution in [3.8, 4) is 11.5 Å². The first-order valence-corrected chi connectivity index (χ1v) is 8.18. The topological polar surface area (TPSA) is 38.3 Å². The molecule has 0 saturated heterocycles. The number of benzene rings is 2. The summed E-state index contributed by atoms with van der Waals surface area (Å²) in [7, 11) is -1.15. The third-order valence-electron chi connectivity index (χ3n) is 2.54. The number of halogens is 3. The Labute approximate surface area is 132 Å². The molecule has 21 heavy (non-hydrogen) atoms. The summed E-state index contributed by atoms with van der Waals surface area (Å²) in [6.07, 6.45) is 0. The lowest BCUT2D eigenvalue weighted by Gasteiger charge is -2.11. The Morgan fingerprint density at radius 3 is 2.52 bits per heavy atom. The van der Waals surface area contributed by atoms with E-state index >= 15 is 0 Å². The van der Waals surface area contributed by atoms with Crippen molar-refractivity contribution < 1.29 is 17.7 Å². The fraction of sp³-hybridized carbons (Fsp3) is 0.143. The second-order valence-corrected chi connectivity index (χ2v) is 6.39. The highest BCUT2D eigenvalue weighted by Gasteiger charge is 2.09. The summed E-state index contributed by atoms with van der Waals surface area (Å²) >= 11 is 3.30. The monoisotopic (exact) mass is 375 g/mol. The highest BCUT2D eigenvalue weighted by atomic mass is 79.9. The van der Waals surface area contributed by atoms with Gasteiger partial charge in [-0.15, -0.1) is 0 Å². The SMILES string of the molecule is CCS(=O)Nc1ccc(Oc2ccc(F)cc2F)c(Br)c1. The molecule has 0 saturated carbocycles. The van der Waals surface area contributed by atoms with E-state index in [9.17, 15) is 13.0 Å². The standard InChI is InChI=1S/C14H12BrF2NO2S/c1-2-21(19)18-10-4-6-13(11(15)8-10)20-14-5-3-9(16)7-12(14)17/h3-8,18H,2H2,1H3. The van der Waals surface area contributed by atoms with Crippen LogP contribution in [-0.2, 0) is 11.0 Å². The van der Waals surface area contributed by atoms with Crippen LogP contribution in [0, 0.1) is 11.6 Å². The van der Waals surface area contributed by atoms with E-state index in [4.69, 9.17) is 4.74 Å². The van der Waals surface area contributed by atoms with Crippen LogP contribution >= 0.6 is 15.9 Å². The predicted molar refractivity (Wildman–Crippen MR) is 82.9 cm³/mol. The molecule has 0 amide bonds. The molecule has 0 radical (unpaired) electrons. The van der Waals surface area contributed by atoms with E-state index in [0.717, 1.165) is 12.1 Å². The average Bonchev–Trinajstić information content (AvgIpc) is 2.44. The van der Waals surface area contributed by atoms with Gasteiger partial charge in [0.25, 0.3) is 0 Å². The number of rotatable bonds is 5. The van der Waals surface area contributed by atoms with Crippen LogP contribution in [0.15, 0.2) is 40.9 Å². The summed E-state index contributed by atoms with van der Waals surface area (Å²) in [5.74, 6) is -0.670. The molecular formula is C14H12BrF2NO2S. The normalized spacial score (nSPS) is 12.0. The number of hydrogen-bond donors (Lipinski definition) is 1. The first kappa shape index (κ1) is 15.9. The summed E-state index contributed by atoms with van der Waals surface area (Å²) in [6.45, 7) is 1.80. The zero-order valence-electron chi connectivity index (χ0n) is 11.0. The number of ether oxygens (including phenoxy) is 1. The average molecular weight is 376 g/mol. The molecule has 7 heteroatoms. The molecule has 0 aromatic heterocycles. The van der Waals surface area contributed by atoms with Crippen LogP contribution in [-0.4, -0.2) is 9.96 Å². The van der Waals surface area contributed by atoms with Crippen molar-refractivity contribution in [3.05, 3.63) is 52.5 Å². The predicted octanol–water partition coefficient (Wildman–Crippen LogP) is 4.62. The van der Waals surface area contributed by atoms with Crippen molar-refractivity contribution in [3.63, 3.8) is 0 Å². The van der Waals surface area contributed by atoms with Gasteiger partial charge in [-0.1, -0.05) is 6.92 Å². The maximum atomic E-state index is 13.5. The molecule has 0 fully saturated rings. The van der Waals surface area contributed by atoms with Crippen molar-refractivity contribution >= 4 is 32.6 Å². The Bertz CT molecular complexity index is 682. The first-order chi connectivity index (χ1) is 9.99. The van der Waals surface area contributed by atoms with Crippen LogP contribution in [0.25, 0.3) is 0 Å². The largest absolute Gasteiger partial charge is 0.453 e. The van der Waals surface area contributed by atoms with E-state index in [0.29, 0.717) is 21.7 Å². The second kappa shape index (κ2) is 7.00. The summed E-state index contributed by atoms with van der Waals surface area (Å²) in [4.78, 5) is 0. The van der Waals surface area contributed by atoms with Gasteiger partial charge in [0.05, 0.1) is 4.47 Å². The molecule has 3 nitrogen and oxygen atoms in total. The van der Waals surface area contributed by atoms with Crippen molar-refractivity contribution in [2.24, 2.45) is 0 Å². The molecule has 0 aliphatic carbocycles. The Balaban J connectivity index is 2.19. The van der Waals surface area contributed by atoms with Gasteiger partial charge in [-0.25, -0.2) is 13.0 Å². The second-order valence-electron chi connectivity index (χ2n) is 4.06. The molecule has 0 heterocycles. The van der Waals surface area contributed by atoms with Crippen LogP contribution in [0.4, 0.5) is 14.5 Å². The Hall–Kier alpha value is -1.47. The molecule has 2 rings (SSSR count). The minimum atomic E-state index is -1.15. The highest BCUT2D eigenvalue weighted by molar-refractivity contribution is 9.10. The smallest absolute Gasteiger partial charge is 0.168 e. The van der Waals surface area contributed by atoms with E-state index in [1.165, 1.54) is 6.07 Å². The molecule has 112 valence electrons. The molecule has 0 spiro atoms. The summed E-state index contributed by atoms with van der Waals surface area (Å²) in [5.41, 5.74) is 0.647. The maximum Gasteiger partial charge on any atom is 0.168 e. The molecular weight excluding hydrogens is 364 g/mol. The molecule has 0 aliphatic heterocycles. The van der Waals surface area contributed by atoms with Crippen molar-refractivity contribution in [2.75, 3.05) is 10.5 Å². The zero-order chi connectivity index (χ0) is 15.4. The lowest BCUT2D eigenvalue weighted by atomic mass is 10.3. The quantitative estimate of drug-likeness (QED) is 0.828. The zero-order valence-corrected chi connectivity index (χ0v) is 13.4. The van der Waals surface area contributed by atoms with Crippen LogP contribution in [0.1, 0.15) is 6.92 Å². The number of hydrogen-bond acceptors (Lipinski definition) is 2. The molecule has 1 N–H and O–H groups in total. The fourth-order valence-electron chi connectivity index (χ4n) is 1.53. The van der Waals surface area contributed by atoms with Crippen molar-refractivity contribution in [2.45, 2.75) is 6.92 Å². The third-order valence-corrected chi connectivity index (χ3v) is 4.15. The van der Waals surface area contributed by atoms with Crippen molar-refractivity contribution in [1.82, 2.24) is 0 Å². The van der Waals surface area contributed by atoms with Crippen LogP contribution in [0.3, 0.4) is 0 Å². The summed E-state index contributed by atoms with van der Waals surface area (Å²) in [6, 6.07) is 8.02. The molecule has 0 bridgehead atoms. The highest BCUT2D eigenvalue weighted by Crippen LogP contribution is 2.33. The number of nitrogens with one attached hydrogen (secondary N) is 1. The molecule has 0 aliphatic rings. The third kappa shape index (κ3) is 4.25. The van der Waals surface area contributed by atoms with Gasteiger partial charge < -0.3 is 9.46 Å². The van der Waals surface area contributed by atoms with E-state index < -0.39 is 22.6 Å². The van der Waals surface area contributed by atoms with Gasteiger partial charge in [-0.3, -0.25) is 0 Å². The van der Waals surface area contributed by atoms with Gasteiger partial charge in [-0.05, 0) is 46.3 Å². The van der Waals surface area contributed by atoms with E-state index in [1.54, 1.807) is 25.1 Å². The summed E-state index contributed by atoms with van der Waals surface area (Å²) in [5, 5.41) is 0. The van der Waals surface area contributed by atoms with Gasteiger partial charge in [0.2, 0.25) is 0 Å². The maximum absolute atomic E-state index is 13.5.